The molecule has 0 unspecified atom stereocenters. The number of hydrogen-bond donors (Lipinski definition) is 3. The summed E-state index contributed by atoms with van der Waals surface area (Å²) in [5, 5.41) is 10.5. The predicted molar refractivity (Wildman–Crippen MR) is 76.9 cm³/mol. The summed E-state index contributed by atoms with van der Waals surface area (Å²) in [4.78, 5) is 3.56. The number of aliphatic hydroxyl groups is 1. The molecule has 0 aliphatic heterocycles. The van der Waals surface area contributed by atoms with E-state index < -0.39 is 15.6 Å². The molecule has 0 radical (unpaired) electrons. The first-order valence-electron chi connectivity index (χ1n) is 6.45. The monoisotopic (exact) mass is 319 g/mol. The Bertz CT molecular complexity index is 586. The van der Waals surface area contributed by atoms with Crippen LogP contribution in [0.1, 0.15) is 32.1 Å². The van der Waals surface area contributed by atoms with Crippen molar-refractivity contribution in [3.8, 4) is 0 Å². The van der Waals surface area contributed by atoms with E-state index in [9.17, 15) is 13.5 Å². The zero-order valence-corrected chi connectivity index (χ0v) is 12.5. The highest BCUT2D eigenvalue weighted by Crippen LogP contribution is 2.28. The molecule has 1 aliphatic rings. The normalized spacial score (nSPS) is 18.9. The average molecular weight is 320 g/mol. The maximum atomic E-state index is 12.2. The van der Waals surface area contributed by atoms with Gasteiger partial charge in [-0.05, 0) is 18.9 Å². The van der Waals surface area contributed by atoms with Gasteiger partial charge in [-0.3, -0.25) is 0 Å². The number of hydrogen-bond acceptors (Lipinski definition) is 5. The molecule has 1 aromatic rings. The smallest absolute Gasteiger partial charge is 0.244 e. The molecule has 0 saturated heterocycles. The number of halogens is 1. The zero-order chi connectivity index (χ0) is 14.8. The van der Waals surface area contributed by atoms with Crippen molar-refractivity contribution in [2.45, 2.75) is 42.6 Å². The Morgan fingerprint density at radius 2 is 2.05 bits per heavy atom. The molecule has 1 heterocycles. The van der Waals surface area contributed by atoms with Gasteiger partial charge in [0.25, 0.3) is 0 Å². The number of nitrogens with one attached hydrogen (secondary N) is 1. The van der Waals surface area contributed by atoms with E-state index >= 15 is 0 Å². The molecule has 112 valence electrons. The van der Waals surface area contributed by atoms with Crippen LogP contribution in [0.5, 0.6) is 0 Å². The summed E-state index contributed by atoms with van der Waals surface area (Å²) in [6.07, 6.45) is 5.35. The first-order valence-corrected chi connectivity index (χ1v) is 8.32. The van der Waals surface area contributed by atoms with Crippen molar-refractivity contribution >= 4 is 27.4 Å². The van der Waals surface area contributed by atoms with Crippen LogP contribution in [0.4, 0.5) is 5.82 Å². The third kappa shape index (κ3) is 3.60. The lowest BCUT2D eigenvalue weighted by atomic mass is 9.85. The van der Waals surface area contributed by atoms with Gasteiger partial charge in [0, 0.05) is 12.7 Å². The number of nitrogens with two attached hydrogens (primary N) is 1. The molecule has 0 aromatic carbocycles. The number of nitrogen functional groups attached to an aromatic ring is 1. The van der Waals surface area contributed by atoms with Gasteiger partial charge in [-0.2, -0.15) is 0 Å². The van der Waals surface area contributed by atoms with Crippen molar-refractivity contribution in [1.82, 2.24) is 9.71 Å². The summed E-state index contributed by atoms with van der Waals surface area (Å²) in [7, 11) is -3.83. The zero-order valence-electron chi connectivity index (χ0n) is 11.0. The number of aromatic nitrogens is 1. The molecular weight excluding hydrogens is 302 g/mol. The summed E-state index contributed by atoms with van der Waals surface area (Å²) in [5.41, 5.74) is 4.59. The summed E-state index contributed by atoms with van der Waals surface area (Å²) >= 11 is 5.74. The van der Waals surface area contributed by atoms with Crippen LogP contribution >= 0.6 is 11.6 Å². The quantitative estimate of drug-likeness (QED) is 0.775. The largest absolute Gasteiger partial charge is 0.389 e. The third-order valence-electron chi connectivity index (χ3n) is 3.51. The van der Waals surface area contributed by atoms with Gasteiger partial charge in [0.2, 0.25) is 10.0 Å². The first kappa shape index (κ1) is 15.5. The van der Waals surface area contributed by atoms with Gasteiger partial charge in [-0.1, -0.05) is 30.9 Å². The fourth-order valence-electron chi connectivity index (χ4n) is 2.34. The first-order chi connectivity index (χ1) is 9.32. The minimum Gasteiger partial charge on any atom is -0.389 e. The molecule has 0 bridgehead atoms. The minimum atomic E-state index is -3.83. The summed E-state index contributed by atoms with van der Waals surface area (Å²) in [5.74, 6) is -0.113. The van der Waals surface area contributed by atoms with E-state index in [1.807, 2.05) is 0 Å². The van der Waals surface area contributed by atoms with Crippen LogP contribution in [0.15, 0.2) is 17.2 Å². The third-order valence-corrected chi connectivity index (χ3v) is 5.15. The van der Waals surface area contributed by atoms with Crippen molar-refractivity contribution < 1.29 is 13.5 Å². The van der Waals surface area contributed by atoms with Crippen LogP contribution in [-0.4, -0.2) is 30.7 Å². The highest BCUT2D eigenvalue weighted by molar-refractivity contribution is 7.89. The molecule has 1 saturated carbocycles. The standard InChI is InChI=1S/C12H18ClN3O3S/c13-9-6-10(11(14)15-7-9)20(18,19)16-8-12(17)4-2-1-3-5-12/h6-7,16-17H,1-5,8H2,(H2,14,15). The maximum Gasteiger partial charge on any atom is 0.244 e. The van der Waals surface area contributed by atoms with E-state index in [4.69, 9.17) is 17.3 Å². The van der Waals surface area contributed by atoms with Crippen LogP contribution in [0.3, 0.4) is 0 Å². The van der Waals surface area contributed by atoms with Crippen molar-refractivity contribution in [1.29, 1.82) is 0 Å². The highest BCUT2D eigenvalue weighted by Gasteiger charge is 2.31. The van der Waals surface area contributed by atoms with E-state index in [0.29, 0.717) is 12.8 Å². The molecule has 0 atom stereocenters. The lowest BCUT2D eigenvalue weighted by Crippen LogP contribution is -2.44. The second-order valence-corrected chi connectivity index (χ2v) is 7.32. The number of rotatable bonds is 4. The minimum absolute atomic E-state index is 0.0265. The van der Waals surface area contributed by atoms with E-state index in [-0.39, 0.29) is 22.3 Å². The van der Waals surface area contributed by atoms with E-state index in [2.05, 4.69) is 9.71 Å². The number of nitrogens with zero attached hydrogens (tertiary/aromatic N) is 1. The molecular formula is C12H18ClN3O3S. The van der Waals surface area contributed by atoms with Gasteiger partial charge >= 0.3 is 0 Å². The Kier molecular flexibility index (Phi) is 4.53. The van der Waals surface area contributed by atoms with E-state index in [1.54, 1.807) is 0 Å². The Balaban J connectivity index is 2.13. The average Bonchev–Trinajstić information content (AvgIpc) is 2.40. The predicted octanol–water partition coefficient (Wildman–Crippen LogP) is 1.29. The second-order valence-electron chi connectivity index (χ2n) is 5.15. The number of anilines is 1. The fraction of sp³-hybridized carbons (Fsp3) is 0.583. The Morgan fingerprint density at radius 1 is 1.40 bits per heavy atom. The molecule has 2 rings (SSSR count). The molecule has 4 N–H and O–H groups in total. The molecule has 20 heavy (non-hydrogen) atoms. The van der Waals surface area contributed by atoms with Crippen LogP contribution in [0.2, 0.25) is 5.02 Å². The molecule has 1 aromatic heterocycles. The van der Waals surface area contributed by atoms with Crippen molar-refractivity contribution in [3.63, 3.8) is 0 Å². The van der Waals surface area contributed by atoms with Crippen molar-refractivity contribution in [2.75, 3.05) is 12.3 Å². The lowest BCUT2D eigenvalue weighted by molar-refractivity contribution is 0.00945. The molecule has 8 heteroatoms. The molecule has 1 aliphatic carbocycles. The summed E-state index contributed by atoms with van der Waals surface area (Å²) < 4.78 is 26.8. The molecule has 0 amide bonds. The Hall–Kier alpha value is -0.890. The SMILES string of the molecule is Nc1ncc(Cl)cc1S(=O)(=O)NCC1(O)CCCCC1. The molecule has 1 fully saturated rings. The summed E-state index contributed by atoms with van der Waals surface area (Å²) in [6.45, 7) is -0.0265. The van der Waals surface area contributed by atoms with Crippen LogP contribution in [0, 0.1) is 0 Å². The van der Waals surface area contributed by atoms with E-state index in [1.165, 1.54) is 12.3 Å². The Labute approximate surface area is 123 Å². The number of sulfonamides is 1. The summed E-state index contributed by atoms with van der Waals surface area (Å²) in [6, 6.07) is 1.25. The maximum absolute atomic E-state index is 12.2. The second kappa shape index (κ2) is 5.85. The van der Waals surface area contributed by atoms with Gasteiger partial charge < -0.3 is 10.8 Å². The van der Waals surface area contributed by atoms with Crippen LogP contribution in [-0.2, 0) is 10.0 Å². The molecule has 0 spiro atoms. The van der Waals surface area contributed by atoms with Crippen LogP contribution in [0.25, 0.3) is 0 Å². The molecule has 6 nitrogen and oxygen atoms in total. The van der Waals surface area contributed by atoms with Gasteiger partial charge in [-0.25, -0.2) is 18.1 Å². The van der Waals surface area contributed by atoms with Gasteiger partial charge in [0.15, 0.2) is 0 Å². The van der Waals surface area contributed by atoms with E-state index in [0.717, 1.165) is 19.3 Å². The lowest BCUT2D eigenvalue weighted by Gasteiger charge is -2.32. The fourth-order valence-corrected chi connectivity index (χ4v) is 3.79. The van der Waals surface area contributed by atoms with Crippen molar-refractivity contribution in [2.24, 2.45) is 0 Å². The highest BCUT2D eigenvalue weighted by atomic mass is 35.5. The van der Waals surface area contributed by atoms with Gasteiger partial charge in [-0.15, -0.1) is 0 Å². The van der Waals surface area contributed by atoms with Gasteiger partial charge in [0.05, 0.1) is 10.6 Å². The van der Waals surface area contributed by atoms with Gasteiger partial charge in [0.1, 0.15) is 10.7 Å². The number of pyridine rings is 1. The van der Waals surface area contributed by atoms with Crippen LogP contribution < -0.4 is 10.5 Å². The van der Waals surface area contributed by atoms with Crippen molar-refractivity contribution in [3.05, 3.63) is 17.3 Å². The topological polar surface area (TPSA) is 105 Å². The Morgan fingerprint density at radius 3 is 2.70 bits per heavy atom.